The predicted molar refractivity (Wildman–Crippen MR) is 66.0 cm³/mol. The Bertz CT molecular complexity index is 551. The lowest BCUT2D eigenvalue weighted by molar-refractivity contribution is 0.291. The van der Waals surface area contributed by atoms with E-state index in [2.05, 4.69) is 15.0 Å². The van der Waals surface area contributed by atoms with Gasteiger partial charge in [-0.25, -0.2) is 4.39 Å². The zero-order valence-corrected chi connectivity index (χ0v) is 10.5. The number of hydrogen-bond donors (Lipinski definition) is 0. The molecule has 0 bridgehead atoms. The Balaban J connectivity index is 2.35. The summed E-state index contributed by atoms with van der Waals surface area (Å²) in [5.41, 5.74) is 0.528. The summed E-state index contributed by atoms with van der Waals surface area (Å²) in [6.07, 6.45) is 0.832. The Hall–Kier alpha value is -1.75. The largest absolute Gasteiger partial charge is 0.463 e. The molecule has 1 heterocycles. The summed E-state index contributed by atoms with van der Waals surface area (Å²) in [5, 5.41) is 0.0235. The summed E-state index contributed by atoms with van der Waals surface area (Å²) in [5.74, 6) is -0.0688. The molecule has 0 unspecified atom stereocenters. The number of nitrogens with zero attached hydrogens (tertiary/aromatic N) is 3. The van der Waals surface area contributed by atoms with Crippen molar-refractivity contribution in [3.63, 3.8) is 0 Å². The number of hydrogen-bond acceptors (Lipinski definition) is 4. The molecular weight excluding hydrogens is 257 g/mol. The third-order valence-corrected chi connectivity index (χ3v) is 2.27. The van der Waals surface area contributed by atoms with Gasteiger partial charge in [-0.05, 0) is 30.2 Å². The standard InChI is InChI=1S/C12H11ClFN3O/c1-2-6-18-12-16-10(15-11(13)17-12)8-4-3-5-9(14)7-8/h3-5,7H,2,6H2,1H3. The molecule has 0 amide bonds. The van der Waals surface area contributed by atoms with Crippen LogP contribution in [0.2, 0.25) is 5.28 Å². The summed E-state index contributed by atoms with van der Waals surface area (Å²) < 4.78 is 18.4. The minimum atomic E-state index is -0.361. The summed E-state index contributed by atoms with van der Waals surface area (Å²) in [6.45, 7) is 2.46. The van der Waals surface area contributed by atoms with Gasteiger partial charge in [-0.1, -0.05) is 19.1 Å². The van der Waals surface area contributed by atoms with Crippen LogP contribution in [-0.2, 0) is 0 Å². The van der Waals surface area contributed by atoms with Crippen molar-refractivity contribution < 1.29 is 9.13 Å². The second-order valence-corrected chi connectivity index (χ2v) is 3.91. The lowest BCUT2D eigenvalue weighted by atomic mass is 10.2. The number of halogens is 2. The first-order valence-electron chi connectivity index (χ1n) is 5.49. The molecule has 0 fully saturated rings. The highest BCUT2D eigenvalue weighted by atomic mass is 35.5. The zero-order valence-electron chi connectivity index (χ0n) is 9.73. The summed E-state index contributed by atoms with van der Waals surface area (Å²) in [4.78, 5) is 11.9. The third kappa shape index (κ3) is 3.13. The Kier molecular flexibility index (Phi) is 4.04. The van der Waals surface area contributed by atoms with Gasteiger partial charge < -0.3 is 4.74 Å². The normalized spacial score (nSPS) is 10.4. The first-order chi connectivity index (χ1) is 8.69. The number of rotatable bonds is 4. The van der Waals surface area contributed by atoms with Crippen molar-refractivity contribution in [2.24, 2.45) is 0 Å². The van der Waals surface area contributed by atoms with E-state index >= 15 is 0 Å². The fourth-order valence-corrected chi connectivity index (χ4v) is 1.50. The Morgan fingerprint density at radius 1 is 1.28 bits per heavy atom. The molecule has 0 aliphatic rings. The van der Waals surface area contributed by atoms with E-state index in [0.717, 1.165) is 6.42 Å². The van der Waals surface area contributed by atoms with Gasteiger partial charge in [-0.2, -0.15) is 15.0 Å². The number of aromatic nitrogens is 3. The third-order valence-electron chi connectivity index (χ3n) is 2.11. The first-order valence-corrected chi connectivity index (χ1v) is 5.87. The fourth-order valence-electron chi connectivity index (χ4n) is 1.35. The zero-order chi connectivity index (χ0) is 13.0. The molecule has 0 aliphatic heterocycles. The van der Waals surface area contributed by atoms with E-state index in [9.17, 15) is 4.39 Å². The van der Waals surface area contributed by atoms with Crippen LogP contribution in [0.15, 0.2) is 24.3 Å². The summed E-state index contributed by atoms with van der Waals surface area (Å²) in [6, 6.07) is 6.10. The number of benzene rings is 1. The Morgan fingerprint density at radius 2 is 2.11 bits per heavy atom. The van der Waals surface area contributed by atoms with Crippen LogP contribution in [0.4, 0.5) is 4.39 Å². The maximum absolute atomic E-state index is 13.1. The molecular formula is C12H11ClFN3O. The van der Waals surface area contributed by atoms with Crippen LogP contribution in [-0.4, -0.2) is 21.6 Å². The molecule has 0 spiro atoms. The lowest BCUT2D eigenvalue weighted by Crippen LogP contribution is -2.02. The van der Waals surface area contributed by atoms with Gasteiger partial charge in [0.2, 0.25) is 5.28 Å². The van der Waals surface area contributed by atoms with Crippen molar-refractivity contribution in [2.75, 3.05) is 6.61 Å². The van der Waals surface area contributed by atoms with Gasteiger partial charge in [-0.15, -0.1) is 0 Å². The quantitative estimate of drug-likeness (QED) is 0.854. The second kappa shape index (κ2) is 5.73. The molecule has 0 aliphatic carbocycles. The van der Waals surface area contributed by atoms with Gasteiger partial charge >= 0.3 is 6.01 Å². The molecule has 1 aromatic carbocycles. The molecule has 2 rings (SSSR count). The van der Waals surface area contributed by atoms with E-state index in [1.165, 1.54) is 12.1 Å². The highest BCUT2D eigenvalue weighted by Gasteiger charge is 2.08. The number of ether oxygens (including phenoxy) is 1. The average Bonchev–Trinajstić information content (AvgIpc) is 2.36. The predicted octanol–water partition coefficient (Wildman–Crippen LogP) is 3.12. The van der Waals surface area contributed by atoms with Crippen molar-refractivity contribution in [2.45, 2.75) is 13.3 Å². The van der Waals surface area contributed by atoms with E-state index < -0.39 is 0 Å². The minimum absolute atomic E-state index is 0.0235. The van der Waals surface area contributed by atoms with E-state index in [0.29, 0.717) is 18.0 Å². The highest BCUT2D eigenvalue weighted by Crippen LogP contribution is 2.19. The molecule has 94 valence electrons. The minimum Gasteiger partial charge on any atom is -0.463 e. The smallest absolute Gasteiger partial charge is 0.321 e. The fraction of sp³-hybridized carbons (Fsp3) is 0.250. The summed E-state index contributed by atoms with van der Waals surface area (Å²) in [7, 11) is 0. The van der Waals surface area contributed by atoms with Gasteiger partial charge in [-0.3, -0.25) is 0 Å². The topological polar surface area (TPSA) is 47.9 Å². The SMILES string of the molecule is CCCOc1nc(Cl)nc(-c2cccc(F)c2)n1. The van der Waals surface area contributed by atoms with Gasteiger partial charge in [0.15, 0.2) is 5.82 Å². The molecule has 4 nitrogen and oxygen atoms in total. The summed E-state index contributed by atoms with van der Waals surface area (Å²) >= 11 is 5.78. The van der Waals surface area contributed by atoms with Crippen molar-refractivity contribution >= 4 is 11.6 Å². The van der Waals surface area contributed by atoms with Gasteiger partial charge in [0.25, 0.3) is 0 Å². The van der Waals surface area contributed by atoms with E-state index in [4.69, 9.17) is 16.3 Å². The van der Waals surface area contributed by atoms with Crippen LogP contribution in [0.25, 0.3) is 11.4 Å². The lowest BCUT2D eigenvalue weighted by Gasteiger charge is -2.05. The van der Waals surface area contributed by atoms with E-state index in [-0.39, 0.29) is 17.1 Å². The van der Waals surface area contributed by atoms with Gasteiger partial charge in [0, 0.05) is 5.56 Å². The van der Waals surface area contributed by atoms with Gasteiger partial charge in [0.1, 0.15) is 5.82 Å². The molecule has 0 saturated heterocycles. The van der Waals surface area contributed by atoms with Crippen LogP contribution >= 0.6 is 11.6 Å². The van der Waals surface area contributed by atoms with Crippen LogP contribution < -0.4 is 4.74 Å². The molecule has 0 saturated carbocycles. The Labute approximate surface area is 109 Å². The molecule has 2 aromatic rings. The molecule has 0 atom stereocenters. The van der Waals surface area contributed by atoms with Crippen LogP contribution in [0, 0.1) is 5.82 Å². The van der Waals surface area contributed by atoms with Crippen LogP contribution in [0.3, 0.4) is 0 Å². The van der Waals surface area contributed by atoms with Crippen molar-refractivity contribution in [3.05, 3.63) is 35.4 Å². The van der Waals surface area contributed by atoms with Crippen LogP contribution in [0.5, 0.6) is 6.01 Å². The van der Waals surface area contributed by atoms with E-state index in [1.54, 1.807) is 12.1 Å². The molecule has 1 aromatic heterocycles. The van der Waals surface area contributed by atoms with Crippen LogP contribution in [0.1, 0.15) is 13.3 Å². The van der Waals surface area contributed by atoms with Crippen molar-refractivity contribution in [1.29, 1.82) is 0 Å². The molecule has 6 heteroatoms. The van der Waals surface area contributed by atoms with E-state index in [1.807, 2.05) is 6.92 Å². The second-order valence-electron chi connectivity index (χ2n) is 3.57. The molecule has 0 radical (unpaired) electrons. The molecule has 0 N–H and O–H groups in total. The van der Waals surface area contributed by atoms with Crippen molar-refractivity contribution in [1.82, 2.24) is 15.0 Å². The highest BCUT2D eigenvalue weighted by molar-refractivity contribution is 6.28. The average molecular weight is 268 g/mol. The maximum Gasteiger partial charge on any atom is 0.321 e. The first kappa shape index (κ1) is 12.7. The Morgan fingerprint density at radius 3 is 2.83 bits per heavy atom. The maximum atomic E-state index is 13.1. The van der Waals surface area contributed by atoms with Crippen molar-refractivity contribution in [3.8, 4) is 17.4 Å². The monoisotopic (exact) mass is 267 g/mol. The van der Waals surface area contributed by atoms with Gasteiger partial charge in [0.05, 0.1) is 6.61 Å². The molecule has 18 heavy (non-hydrogen) atoms.